The zero-order valence-electron chi connectivity index (χ0n) is 58.6. The van der Waals surface area contributed by atoms with Crippen LogP contribution < -0.4 is 67.8 Å². The Bertz CT molecular complexity index is 4360. The maximum atomic E-state index is 15.2. The van der Waals surface area contributed by atoms with Crippen molar-refractivity contribution in [2.75, 3.05) is 105 Å². The van der Waals surface area contributed by atoms with Crippen LogP contribution in [0.5, 0.6) is 11.5 Å². The van der Waals surface area contributed by atoms with Gasteiger partial charge in [0.1, 0.15) is 41.1 Å². The Balaban J connectivity index is 0.758. The number of carbonyl (C=O) groups excluding carboxylic acids is 8. The molecule has 4 bridgehead atoms. The van der Waals surface area contributed by atoms with E-state index in [1.165, 1.54) is 106 Å². The van der Waals surface area contributed by atoms with Gasteiger partial charge >= 0.3 is 24.1 Å². The van der Waals surface area contributed by atoms with E-state index in [0.717, 1.165) is 23.2 Å². The van der Waals surface area contributed by atoms with Crippen LogP contribution in [0.4, 0.5) is 57.5 Å². The van der Waals surface area contributed by atoms with Gasteiger partial charge < -0.3 is 87.3 Å². The second kappa shape index (κ2) is 40.2. The van der Waals surface area contributed by atoms with Gasteiger partial charge in [-0.25, -0.2) is 45.8 Å². The molecule has 0 saturated heterocycles. The number of nitrogens with two attached hydrogens (primary N) is 1. The van der Waals surface area contributed by atoms with Crippen LogP contribution in [-0.4, -0.2) is 184 Å². The summed E-state index contributed by atoms with van der Waals surface area (Å²) in [5, 5.41) is 33.3. The predicted molar refractivity (Wildman–Crippen MR) is 387 cm³/mol. The molecule has 37 heteroatoms. The minimum Gasteiger partial charge on any atom is -0.494 e. The minimum atomic E-state index is -4.19. The Labute approximate surface area is 610 Å². The van der Waals surface area contributed by atoms with E-state index in [0.29, 0.717) is 54.2 Å². The first-order valence-corrected chi connectivity index (χ1v) is 36.9. The third-order valence-corrected chi connectivity index (χ3v) is 18.2. The van der Waals surface area contributed by atoms with Crippen LogP contribution in [0, 0.1) is 11.6 Å². The molecular formula is C69H85F2N15O18S2. The fourth-order valence-corrected chi connectivity index (χ4v) is 12.5. The standard InChI is InChI=1S/C69H85F2N15O18S2/c1-6-22-73-67(94)80-49-12-10-14-53(37-49)106(98,99)84-50-13-9-11-45(34-50)56(39-61(89)90)82-69(96)79-48-18-16-47(17-19-48)78-68(95)74-23-27-101-29-31-102-30-28-100-26-21-60(88)76-42(2)65(93)86(4)43(3)63(91)81-57(38-59(72)87)64(92)85-105(5,97)41-44-32-51-36-52(33-44)103-24-7-8-25-104-58-35-46(70)15-20-54(58)62-55(71)40-75-66(77-51)83-62/h9-20,32-37,40,42-43,56-57,84H,6-8,21-31,38-39,41H2,1-5H3,(H2,72,87)(H,76,88)(H,81,91)(H,89,90)(H2,73,80,94)(H2,74,78,95)(H,75,77,83)(H2,79,82,96)/t42-,43-,56-,57-,105?/m0/s1. The molecule has 13 N–H and O–H groups in total. The van der Waals surface area contributed by atoms with E-state index in [2.05, 4.69) is 66.9 Å². The third-order valence-electron chi connectivity index (χ3n) is 15.3. The van der Waals surface area contributed by atoms with Crippen molar-refractivity contribution < 1.29 is 93.3 Å². The number of rotatable bonds is 34. The molecule has 5 aromatic carbocycles. The van der Waals surface area contributed by atoms with Crippen LogP contribution in [0.3, 0.4) is 0 Å². The van der Waals surface area contributed by atoms with Crippen molar-refractivity contribution >= 4 is 108 Å². The van der Waals surface area contributed by atoms with Gasteiger partial charge in [-0.15, -0.1) is 0 Å². The van der Waals surface area contributed by atoms with Crippen molar-refractivity contribution in [2.45, 2.75) is 94.1 Å². The molecule has 570 valence electrons. The van der Waals surface area contributed by atoms with Crippen LogP contribution in [0.15, 0.2) is 125 Å². The summed E-state index contributed by atoms with van der Waals surface area (Å²) in [4.78, 5) is 125. The molecule has 33 nitrogen and oxygen atoms in total. The first kappa shape index (κ1) is 82.1. The number of hydrogen-bond acceptors (Lipinski definition) is 20. The quantitative estimate of drug-likeness (QED) is 0.0192. The lowest BCUT2D eigenvalue weighted by molar-refractivity contribution is -0.141. The van der Waals surface area contributed by atoms with Crippen LogP contribution in [0.25, 0.3) is 11.3 Å². The fraction of sp³-hybridized carbons (Fsp3) is 0.377. The molecule has 0 saturated carbocycles. The molecule has 0 spiro atoms. The molecule has 1 unspecified atom stereocenters. The average Bonchev–Trinajstić information content (AvgIpc) is 0.844. The first-order valence-electron chi connectivity index (χ1n) is 33.4. The van der Waals surface area contributed by atoms with Crippen LogP contribution >= 0.6 is 0 Å². The largest absolute Gasteiger partial charge is 0.494 e. The summed E-state index contributed by atoms with van der Waals surface area (Å²) < 4.78 is 105. The lowest BCUT2D eigenvalue weighted by Gasteiger charge is -2.28. The predicted octanol–water partition coefficient (Wildman–Crippen LogP) is 6.48. The number of primary amides is 1. The zero-order valence-corrected chi connectivity index (χ0v) is 60.3. The average molecular weight is 1510 g/mol. The Morgan fingerprint density at radius 3 is 2.05 bits per heavy atom. The first-order chi connectivity index (χ1) is 50.5. The number of hydrogen-bond donors (Lipinski definition) is 12. The summed E-state index contributed by atoms with van der Waals surface area (Å²) in [6, 6.07) is 18.8. The van der Waals surface area contributed by atoms with Crippen LogP contribution in [-0.2, 0) is 68.5 Å². The number of carboxylic acids is 1. The normalized spacial score (nSPS) is 13.6. The van der Waals surface area contributed by atoms with Crippen molar-refractivity contribution in [3.8, 4) is 22.8 Å². The van der Waals surface area contributed by atoms with E-state index >= 15 is 4.39 Å². The number of aromatic nitrogens is 2. The van der Waals surface area contributed by atoms with Crippen LogP contribution in [0.1, 0.15) is 76.5 Å². The number of carbonyl (C=O) groups is 9. The highest BCUT2D eigenvalue weighted by Crippen LogP contribution is 2.34. The summed E-state index contributed by atoms with van der Waals surface area (Å²) in [5.41, 5.74) is 7.40. The lowest BCUT2D eigenvalue weighted by Crippen LogP contribution is -2.55. The Kier molecular flexibility index (Phi) is 31.2. The molecule has 5 atom stereocenters. The highest BCUT2D eigenvalue weighted by Gasteiger charge is 2.32. The van der Waals surface area contributed by atoms with Gasteiger partial charge in [0.05, 0.1) is 98.3 Å². The van der Waals surface area contributed by atoms with Gasteiger partial charge in [0.2, 0.25) is 29.6 Å². The highest BCUT2D eigenvalue weighted by atomic mass is 32.2. The lowest BCUT2D eigenvalue weighted by atomic mass is 10.0. The molecule has 106 heavy (non-hydrogen) atoms. The van der Waals surface area contributed by atoms with E-state index in [1.54, 1.807) is 18.2 Å². The van der Waals surface area contributed by atoms with Gasteiger partial charge in [-0.2, -0.15) is 4.36 Å². The number of sulfonamides is 1. The molecule has 7 rings (SSSR count). The van der Waals surface area contributed by atoms with Gasteiger partial charge in [0, 0.05) is 78.9 Å². The second-order valence-corrected chi connectivity index (χ2v) is 28.1. The SMILES string of the molecule is CCCNC(=O)Nc1cccc(S(=O)(=O)Nc2cccc([C@H](CC(=O)O)NC(=O)Nc3ccc(NC(=O)NCCOCCOCCOCCC(=O)N[C@@H](C)C(=O)N(C)[C@@H](C)C(=O)N[C@@H](CC(N)=O)C(=O)N=S(C)(=O)Cc4cc5cc(c4)OCCCCOc4cc(F)ccc4-c4nc(ncc4F)N5)cc3)c2)c1. The van der Waals surface area contributed by atoms with Crippen LogP contribution in [0.2, 0.25) is 0 Å². The monoisotopic (exact) mass is 1510 g/mol. The molecule has 1 aliphatic rings. The third kappa shape index (κ3) is 27.2. The zero-order chi connectivity index (χ0) is 76.9. The summed E-state index contributed by atoms with van der Waals surface area (Å²) in [5.74, 6) is -6.95. The molecular weight excluding hydrogens is 1430 g/mol. The number of benzene rings is 5. The molecule has 0 fully saturated rings. The topological polar surface area (TPSA) is 459 Å². The summed E-state index contributed by atoms with van der Waals surface area (Å²) in [6.45, 7) is 6.26. The van der Waals surface area contributed by atoms with Crippen molar-refractivity contribution in [2.24, 2.45) is 10.1 Å². The smallest absolute Gasteiger partial charge is 0.319 e. The van der Waals surface area contributed by atoms with Gasteiger partial charge in [0.15, 0.2) is 5.82 Å². The second-order valence-electron chi connectivity index (χ2n) is 24.0. The number of ether oxygens (including phenoxy) is 5. The maximum Gasteiger partial charge on any atom is 0.319 e. The van der Waals surface area contributed by atoms with Crippen molar-refractivity contribution in [1.82, 2.24) is 41.5 Å². The van der Waals surface area contributed by atoms with E-state index in [4.69, 9.17) is 29.4 Å². The molecule has 1 aliphatic heterocycles. The fourth-order valence-electron chi connectivity index (χ4n) is 10.1. The number of carboxylic acid groups (broad SMARTS) is 1. The van der Waals surface area contributed by atoms with Gasteiger partial charge in [-0.3, -0.25) is 33.5 Å². The van der Waals surface area contributed by atoms with E-state index in [1.807, 2.05) is 6.92 Å². The number of likely N-dealkylation sites (N-methyl/N-ethyl adjacent to an activating group) is 1. The number of nitrogens with zero attached hydrogens (tertiary/aromatic N) is 4. The van der Waals surface area contributed by atoms with Crippen molar-refractivity contribution in [3.05, 3.63) is 138 Å². The van der Waals surface area contributed by atoms with Crippen molar-refractivity contribution in [1.29, 1.82) is 0 Å². The summed E-state index contributed by atoms with van der Waals surface area (Å²) >= 11 is 0. The van der Waals surface area contributed by atoms with Crippen molar-refractivity contribution in [3.63, 3.8) is 0 Å². The Hall–Kier alpha value is -11.2. The molecule has 0 radical (unpaired) electrons. The van der Waals surface area contributed by atoms with E-state index < -0.39 is 122 Å². The maximum absolute atomic E-state index is 15.2. The Morgan fingerprint density at radius 1 is 0.717 bits per heavy atom. The molecule has 1 aromatic heterocycles. The molecule has 6 aromatic rings. The summed E-state index contributed by atoms with van der Waals surface area (Å²) in [7, 11) is -6.40. The summed E-state index contributed by atoms with van der Waals surface area (Å²) in [6.07, 6.45) is 2.36. The van der Waals surface area contributed by atoms with E-state index in [-0.39, 0.29) is 116 Å². The molecule has 0 aliphatic carbocycles. The number of fused-ring (bicyclic) bond motifs is 6. The van der Waals surface area contributed by atoms with E-state index in [9.17, 15) is 65.3 Å². The molecule has 11 amide bonds. The van der Waals surface area contributed by atoms with Gasteiger partial charge in [-0.1, -0.05) is 25.1 Å². The number of halogens is 2. The highest BCUT2D eigenvalue weighted by molar-refractivity contribution is 7.93. The minimum absolute atomic E-state index is 0.0319. The number of aliphatic carboxylic acids is 1. The number of nitrogens with one attached hydrogen (secondary N) is 10. The Morgan fingerprint density at radius 2 is 1.36 bits per heavy atom. The molecule has 2 heterocycles. The van der Waals surface area contributed by atoms with Gasteiger partial charge in [0.25, 0.3) is 15.9 Å². The van der Waals surface area contributed by atoms with Gasteiger partial charge in [-0.05, 0) is 123 Å². The number of amides is 11. The number of anilines is 6. The number of urea groups is 3.